The van der Waals surface area contributed by atoms with E-state index in [-0.39, 0.29) is 0 Å². The van der Waals surface area contributed by atoms with Gasteiger partial charge in [-0.25, -0.2) is 4.98 Å². The minimum Gasteiger partial charge on any atom is -0.377 e. The number of hydrogen-bond acceptors (Lipinski definition) is 5. The summed E-state index contributed by atoms with van der Waals surface area (Å²) in [7, 11) is 0. The third-order valence-electron chi connectivity index (χ3n) is 6.29. The van der Waals surface area contributed by atoms with Gasteiger partial charge in [0.2, 0.25) is 0 Å². The van der Waals surface area contributed by atoms with Crippen molar-refractivity contribution in [3.05, 3.63) is 97.1 Å². The Hall–Kier alpha value is -3.51. The Balaban J connectivity index is 1.42. The van der Waals surface area contributed by atoms with Gasteiger partial charge in [0.05, 0.1) is 51.0 Å². The van der Waals surface area contributed by atoms with Crippen LogP contribution in [0.2, 0.25) is 0 Å². The zero-order chi connectivity index (χ0) is 24.4. The molecule has 184 valence electrons. The van der Waals surface area contributed by atoms with Gasteiger partial charge >= 0.3 is 0 Å². The Labute approximate surface area is 213 Å². The van der Waals surface area contributed by atoms with Crippen molar-refractivity contribution in [2.45, 2.75) is 0 Å². The van der Waals surface area contributed by atoms with Crippen molar-refractivity contribution in [3.8, 4) is 33.6 Å². The van der Waals surface area contributed by atoms with Gasteiger partial charge in [-0.3, -0.25) is 0 Å². The fourth-order valence-corrected chi connectivity index (χ4v) is 4.34. The van der Waals surface area contributed by atoms with Gasteiger partial charge in [-0.05, 0) is 35.4 Å². The Morgan fingerprint density at radius 1 is 0.472 bits per heavy atom. The first-order chi connectivity index (χ1) is 17.9. The van der Waals surface area contributed by atoms with Crippen molar-refractivity contribution in [1.82, 2.24) is 4.98 Å². The lowest BCUT2D eigenvalue weighted by atomic mass is 9.99. The van der Waals surface area contributed by atoms with Crippen LogP contribution in [-0.4, -0.2) is 57.7 Å². The highest BCUT2D eigenvalue weighted by Crippen LogP contribution is 2.31. The van der Waals surface area contributed by atoms with E-state index in [2.05, 4.69) is 89.8 Å². The first kappa shape index (κ1) is 24.2. The topological polar surface area (TPSA) is 43.8 Å². The summed E-state index contributed by atoms with van der Waals surface area (Å²) >= 11 is 0. The monoisotopic (exact) mass is 480 g/mol. The van der Waals surface area contributed by atoms with E-state index in [0.717, 1.165) is 46.7 Å². The first-order valence-electron chi connectivity index (χ1n) is 12.6. The second-order valence-corrected chi connectivity index (χ2v) is 8.73. The van der Waals surface area contributed by atoms with Crippen LogP contribution in [0.5, 0.6) is 0 Å². The molecule has 1 aliphatic heterocycles. The van der Waals surface area contributed by atoms with Gasteiger partial charge in [0, 0.05) is 29.9 Å². The summed E-state index contributed by atoms with van der Waals surface area (Å²) in [5.74, 6) is 0. The molecule has 0 atom stereocenters. The zero-order valence-corrected chi connectivity index (χ0v) is 20.5. The maximum atomic E-state index is 5.75. The molecule has 3 aromatic carbocycles. The zero-order valence-electron chi connectivity index (χ0n) is 20.5. The molecule has 0 bridgehead atoms. The molecule has 1 aliphatic rings. The van der Waals surface area contributed by atoms with Gasteiger partial charge in [-0.1, -0.05) is 72.8 Å². The molecule has 5 heteroatoms. The molecule has 0 aliphatic carbocycles. The molecular formula is C31H32N2O3. The summed E-state index contributed by atoms with van der Waals surface area (Å²) in [4.78, 5) is 7.32. The summed E-state index contributed by atoms with van der Waals surface area (Å²) in [5, 5.41) is 0. The van der Waals surface area contributed by atoms with Crippen LogP contribution in [0.4, 0.5) is 5.69 Å². The summed E-state index contributed by atoms with van der Waals surface area (Å²) in [6.07, 6.45) is 0. The number of benzene rings is 3. The van der Waals surface area contributed by atoms with Crippen LogP contribution in [0, 0.1) is 0 Å². The summed E-state index contributed by atoms with van der Waals surface area (Å²) < 4.78 is 17.0. The highest BCUT2D eigenvalue weighted by atomic mass is 16.5. The molecule has 0 unspecified atom stereocenters. The average Bonchev–Trinajstić information content (AvgIpc) is 2.94. The molecule has 1 fully saturated rings. The van der Waals surface area contributed by atoms with Crippen LogP contribution >= 0.6 is 0 Å². The molecular weight excluding hydrogens is 448 g/mol. The van der Waals surface area contributed by atoms with E-state index in [9.17, 15) is 0 Å². The van der Waals surface area contributed by atoms with Gasteiger partial charge < -0.3 is 19.1 Å². The van der Waals surface area contributed by atoms with Crippen molar-refractivity contribution in [2.75, 3.05) is 57.6 Å². The SMILES string of the molecule is c1ccc(-c2cc(-c3ccc(N4CCOCCOCCOCC4)cc3)cc(-c3ccccc3)n2)cc1. The molecule has 1 saturated heterocycles. The second-order valence-electron chi connectivity index (χ2n) is 8.73. The fourth-order valence-electron chi connectivity index (χ4n) is 4.34. The molecule has 4 aromatic rings. The maximum Gasteiger partial charge on any atom is 0.0715 e. The van der Waals surface area contributed by atoms with Gasteiger partial charge in [0.1, 0.15) is 0 Å². The van der Waals surface area contributed by atoms with Crippen LogP contribution in [0.25, 0.3) is 33.6 Å². The van der Waals surface area contributed by atoms with Crippen molar-refractivity contribution in [1.29, 1.82) is 0 Å². The van der Waals surface area contributed by atoms with Crippen molar-refractivity contribution >= 4 is 5.69 Å². The molecule has 0 spiro atoms. The molecule has 5 nitrogen and oxygen atoms in total. The summed E-state index contributed by atoms with van der Waals surface area (Å²) in [6.45, 7) is 5.40. The van der Waals surface area contributed by atoms with Gasteiger partial charge in [0.25, 0.3) is 0 Å². The second kappa shape index (κ2) is 12.5. The molecule has 0 amide bonds. The van der Waals surface area contributed by atoms with Crippen LogP contribution < -0.4 is 4.90 Å². The Morgan fingerprint density at radius 2 is 0.944 bits per heavy atom. The Kier molecular flexibility index (Phi) is 8.37. The normalized spacial score (nSPS) is 15.6. The lowest BCUT2D eigenvalue weighted by molar-refractivity contribution is 0.0126. The van der Waals surface area contributed by atoms with Gasteiger partial charge in [-0.15, -0.1) is 0 Å². The predicted octanol–water partition coefficient (Wildman–Crippen LogP) is 5.95. The highest BCUT2D eigenvalue weighted by molar-refractivity contribution is 5.77. The van der Waals surface area contributed by atoms with Crippen LogP contribution in [0.1, 0.15) is 0 Å². The number of ether oxygens (including phenoxy) is 3. The number of hydrogen-bond donors (Lipinski definition) is 0. The molecule has 2 heterocycles. The predicted molar refractivity (Wildman–Crippen MR) is 145 cm³/mol. The van der Waals surface area contributed by atoms with E-state index < -0.39 is 0 Å². The highest BCUT2D eigenvalue weighted by Gasteiger charge is 2.11. The molecule has 0 radical (unpaired) electrons. The van der Waals surface area contributed by atoms with Crippen LogP contribution in [0.15, 0.2) is 97.1 Å². The fraction of sp³-hybridized carbons (Fsp3) is 0.258. The van der Waals surface area contributed by atoms with E-state index in [1.165, 1.54) is 5.69 Å². The minimum atomic E-state index is 0.611. The van der Waals surface area contributed by atoms with E-state index in [4.69, 9.17) is 19.2 Å². The molecule has 5 rings (SSSR count). The first-order valence-corrected chi connectivity index (χ1v) is 12.6. The molecule has 1 aromatic heterocycles. The summed E-state index contributed by atoms with van der Waals surface area (Å²) in [6, 6.07) is 33.8. The average molecular weight is 481 g/mol. The van der Waals surface area contributed by atoms with E-state index >= 15 is 0 Å². The maximum absolute atomic E-state index is 5.75. The number of rotatable bonds is 4. The van der Waals surface area contributed by atoms with Gasteiger partial charge in [0.15, 0.2) is 0 Å². The Bertz CT molecular complexity index is 1140. The smallest absolute Gasteiger partial charge is 0.0715 e. The Morgan fingerprint density at radius 3 is 1.44 bits per heavy atom. The standard InChI is InChI=1S/C31H32N2O3/c1-3-7-26(8-4-1)30-23-28(24-31(32-30)27-9-5-2-6-10-27)25-11-13-29(14-12-25)33-15-17-34-19-21-36-22-20-35-18-16-33/h1-14,23-24H,15-22H2. The number of anilines is 1. The van der Waals surface area contributed by atoms with Crippen molar-refractivity contribution in [3.63, 3.8) is 0 Å². The van der Waals surface area contributed by atoms with Gasteiger partial charge in [-0.2, -0.15) is 0 Å². The van der Waals surface area contributed by atoms with E-state index in [1.54, 1.807) is 0 Å². The molecule has 0 N–H and O–H groups in total. The van der Waals surface area contributed by atoms with E-state index in [1.807, 2.05) is 12.1 Å². The van der Waals surface area contributed by atoms with Crippen LogP contribution in [0.3, 0.4) is 0 Å². The third kappa shape index (κ3) is 6.38. The van der Waals surface area contributed by atoms with E-state index in [0.29, 0.717) is 39.6 Å². The minimum absolute atomic E-state index is 0.611. The molecule has 0 saturated carbocycles. The largest absolute Gasteiger partial charge is 0.377 e. The third-order valence-corrected chi connectivity index (χ3v) is 6.29. The lowest BCUT2D eigenvalue weighted by Crippen LogP contribution is -2.32. The number of nitrogens with zero attached hydrogens (tertiary/aromatic N) is 2. The number of aromatic nitrogens is 1. The number of pyridine rings is 1. The van der Waals surface area contributed by atoms with Crippen LogP contribution in [-0.2, 0) is 14.2 Å². The molecule has 36 heavy (non-hydrogen) atoms. The van der Waals surface area contributed by atoms with Crippen molar-refractivity contribution in [2.24, 2.45) is 0 Å². The summed E-state index contributed by atoms with van der Waals surface area (Å²) in [5.41, 5.74) is 7.63. The quantitative estimate of drug-likeness (QED) is 0.361. The lowest BCUT2D eigenvalue weighted by Gasteiger charge is -2.25. The van der Waals surface area contributed by atoms with Crippen molar-refractivity contribution < 1.29 is 14.2 Å².